The molecule has 0 aliphatic carbocycles. The first-order valence-corrected chi connectivity index (χ1v) is 4.82. The lowest BCUT2D eigenvalue weighted by Crippen LogP contribution is -2.20. The summed E-state index contributed by atoms with van der Waals surface area (Å²) in [5.41, 5.74) is -0.0815. The van der Waals surface area contributed by atoms with Crippen LogP contribution in [0.3, 0.4) is 0 Å². The summed E-state index contributed by atoms with van der Waals surface area (Å²) in [4.78, 5) is 0. The number of rotatable bonds is 5. The fourth-order valence-electron chi connectivity index (χ4n) is 1.11. The van der Waals surface area contributed by atoms with Gasteiger partial charge in [0.15, 0.2) is 17.5 Å². The van der Waals surface area contributed by atoms with Gasteiger partial charge >= 0.3 is 6.18 Å². The summed E-state index contributed by atoms with van der Waals surface area (Å²) in [7, 11) is 0. The van der Waals surface area contributed by atoms with Gasteiger partial charge < -0.3 is 10.1 Å². The molecule has 2 nitrogen and oxygen atoms in total. The quantitative estimate of drug-likeness (QED) is 0.505. The number of benzene rings is 1. The molecule has 0 aliphatic rings. The van der Waals surface area contributed by atoms with Crippen LogP contribution in [0.2, 0.25) is 0 Å². The fraction of sp³-hybridized carbons (Fsp3) is 0.400. The third-order valence-corrected chi connectivity index (χ3v) is 1.83. The monoisotopic (exact) mass is 273 g/mol. The molecule has 0 atom stereocenters. The molecule has 0 spiro atoms. The Balaban J connectivity index is 2.36. The Morgan fingerprint density at radius 2 is 1.61 bits per heavy atom. The van der Waals surface area contributed by atoms with Gasteiger partial charge in [0.05, 0.1) is 6.61 Å². The van der Waals surface area contributed by atoms with E-state index in [4.69, 9.17) is 0 Å². The van der Waals surface area contributed by atoms with Gasteiger partial charge in [0.25, 0.3) is 0 Å². The lowest BCUT2D eigenvalue weighted by Gasteiger charge is -2.09. The highest BCUT2D eigenvalue weighted by Gasteiger charge is 2.27. The SMILES string of the molecule is Fc1cc(NCCOCC(F)(F)F)cc(F)c1F. The van der Waals surface area contributed by atoms with E-state index in [9.17, 15) is 26.3 Å². The maximum atomic E-state index is 12.7. The molecule has 0 bridgehead atoms. The number of anilines is 1. The van der Waals surface area contributed by atoms with Gasteiger partial charge in [-0.25, -0.2) is 13.2 Å². The van der Waals surface area contributed by atoms with E-state index in [-0.39, 0.29) is 18.8 Å². The second-order valence-electron chi connectivity index (χ2n) is 3.35. The van der Waals surface area contributed by atoms with Gasteiger partial charge in [0.2, 0.25) is 0 Å². The molecule has 18 heavy (non-hydrogen) atoms. The van der Waals surface area contributed by atoms with Crippen molar-refractivity contribution < 1.29 is 31.1 Å². The molecule has 0 saturated carbocycles. The summed E-state index contributed by atoms with van der Waals surface area (Å²) >= 11 is 0. The Labute approximate surface area is 98.5 Å². The molecule has 8 heteroatoms. The predicted octanol–water partition coefficient (Wildman–Crippen LogP) is 3.09. The number of hydrogen-bond acceptors (Lipinski definition) is 2. The zero-order valence-electron chi connectivity index (χ0n) is 8.95. The second-order valence-corrected chi connectivity index (χ2v) is 3.35. The third-order valence-electron chi connectivity index (χ3n) is 1.83. The minimum atomic E-state index is -4.42. The molecule has 0 fully saturated rings. The predicted molar refractivity (Wildman–Crippen MR) is 51.7 cm³/mol. The fourth-order valence-corrected chi connectivity index (χ4v) is 1.11. The zero-order chi connectivity index (χ0) is 13.8. The molecule has 0 heterocycles. The van der Waals surface area contributed by atoms with Crippen molar-refractivity contribution in [2.45, 2.75) is 6.18 Å². The standard InChI is InChI=1S/C10H9F6NO/c11-7-3-6(4-8(12)9(7)13)17-1-2-18-5-10(14,15)16/h3-4,17H,1-2,5H2. The van der Waals surface area contributed by atoms with Crippen LogP contribution in [-0.4, -0.2) is 25.9 Å². The Morgan fingerprint density at radius 3 is 2.11 bits per heavy atom. The van der Waals surface area contributed by atoms with Gasteiger partial charge in [-0.15, -0.1) is 0 Å². The normalized spacial score (nSPS) is 11.7. The Hall–Kier alpha value is -1.44. The molecule has 1 aromatic rings. The maximum absolute atomic E-state index is 12.7. The number of ether oxygens (including phenoxy) is 1. The highest BCUT2D eigenvalue weighted by molar-refractivity contribution is 5.44. The topological polar surface area (TPSA) is 21.3 Å². The van der Waals surface area contributed by atoms with Crippen LogP contribution in [0.5, 0.6) is 0 Å². The molecule has 1 rings (SSSR count). The summed E-state index contributed by atoms with van der Waals surface area (Å²) in [6.07, 6.45) is -4.42. The van der Waals surface area contributed by atoms with Gasteiger partial charge in [-0.2, -0.15) is 13.2 Å². The van der Waals surface area contributed by atoms with Crippen LogP contribution in [0.15, 0.2) is 12.1 Å². The first-order chi connectivity index (χ1) is 8.29. The van der Waals surface area contributed by atoms with E-state index < -0.39 is 30.2 Å². The highest BCUT2D eigenvalue weighted by atomic mass is 19.4. The lowest BCUT2D eigenvalue weighted by atomic mass is 10.3. The van der Waals surface area contributed by atoms with E-state index in [1.807, 2.05) is 0 Å². The molecule has 0 aliphatic heterocycles. The van der Waals surface area contributed by atoms with Crippen LogP contribution in [0.1, 0.15) is 0 Å². The summed E-state index contributed by atoms with van der Waals surface area (Å²) < 4.78 is 77.3. The first kappa shape index (κ1) is 14.6. The van der Waals surface area contributed by atoms with Gasteiger partial charge in [0, 0.05) is 24.4 Å². The molecule has 0 saturated heterocycles. The van der Waals surface area contributed by atoms with Crippen LogP contribution in [0, 0.1) is 17.5 Å². The minimum Gasteiger partial charge on any atom is -0.383 e. The molecule has 1 aromatic carbocycles. The van der Waals surface area contributed by atoms with Crippen molar-refractivity contribution in [2.24, 2.45) is 0 Å². The number of nitrogens with one attached hydrogen (secondary N) is 1. The van der Waals surface area contributed by atoms with Crippen LogP contribution in [-0.2, 0) is 4.74 Å². The number of alkyl halides is 3. The summed E-state index contributed by atoms with van der Waals surface area (Å²) in [5.74, 6) is -4.36. The van der Waals surface area contributed by atoms with E-state index in [0.29, 0.717) is 12.1 Å². The molecule has 102 valence electrons. The Bertz CT molecular complexity index is 383. The Morgan fingerprint density at radius 1 is 1.06 bits per heavy atom. The average molecular weight is 273 g/mol. The number of hydrogen-bond donors (Lipinski definition) is 1. The lowest BCUT2D eigenvalue weighted by molar-refractivity contribution is -0.172. The minimum absolute atomic E-state index is 0.0815. The number of halogens is 6. The van der Waals surface area contributed by atoms with E-state index in [1.165, 1.54) is 0 Å². The van der Waals surface area contributed by atoms with Gasteiger partial charge in [-0.05, 0) is 0 Å². The van der Waals surface area contributed by atoms with E-state index >= 15 is 0 Å². The van der Waals surface area contributed by atoms with E-state index in [0.717, 1.165) is 0 Å². The molecule has 1 N–H and O–H groups in total. The largest absolute Gasteiger partial charge is 0.411 e. The molecule has 0 radical (unpaired) electrons. The smallest absolute Gasteiger partial charge is 0.383 e. The maximum Gasteiger partial charge on any atom is 0.411 e. The second kappa shape index (κ2) is 5.94. The van der Waals surface area contributed by atoms with Crippen LogP contribution in [0.4, 0.5) is 32.0 Å². The highest BCUT2D eigenvalue weighted by Crippen LogP contribution is 2.17. The van der Waals surface area contributed by atoms with Crippen LogP contribution < -0.4 is 5.32 Å². The third kappa shape index (κ3) is 4.82. The van der Waals surface area contributed by atoms with Crippen LogP contribution >= 0.6 is 0 Å². The zero-order valence-corrected chi connectivity index (χ0v) is 8.95. The van der Waals surface area contributed by atoms with Crippen molar-refractivity contribution in [3.8, 4) is 0 Å². The summed E-state index contributed by atoms with van der Waals surface area (Å²) in [6, 6.07) is 1.39. The van der Waals surface area contributed by atoms with Crippen molar-refractivity contribution in [3.63, 3.8) is 0 Å². The summed E-state index contributed by atoms with van der Waals surface area (Å²) in [5, 5.41) is 2.40. The van der Waals surface area contributed by atoms with Crippen molar-refractivity contribution >= 4 is 5.69 Å². The van der Waals surface area contributed by atoms with Gasteiger partial charge in [0.1, 0.15) is 6.61 Å². The molecule has 0 amide bonds. The van der Waals surface area contributed by atoms with Crippen molar-refractivity contribution in [1.82, 2.24) is 0 Å². The first-order valence-electron chi connectivity index (χ1n) is 4.82. The van der Waals surface area contributed by atoms with E-state index in [2.05, 4.69) is 10.1 Å². The van der Waals surface area contributed by atoms with Crippen molar-refractivity contribution in [2.75, 3.05) is 25.1 Å². The van der Waals surface area contributed by atoms with Gasteiger partial charge in [-0.3, -0.25) is 0 Å². The van der Waals surface area contributed by atoms with Gasteiger partial charge in [-0.1, -0.05) is 0 Å². The average Bonchev–Trinajstić information content (AvgIpc) is 2.23. The molecule has 0 unspecified atom stereocenters. The molecular weight excluding hydrogens is 264 g/mol. The van der Waals surface area contributed by atoms with E-state index in [1.54, 1.807) is 0 Å². The summed E-state index contributed by atoms with van der Waals surface area (Å²) in [6.45, 7) is -1.80. The van der Waals surface area contributed by atoms with Crippen LogP contribution in [0.25, 0.3) is 0 Å². The van der Waals surface area contributed by atoms with Crippen molar-refractivity contribution in [3.05, 3.63) is 29.6 Å². The van der Waals surface area contributed by atoms with Crippen molar-refractivity contribution in [1.29, 1.82) is 0 Å². The molecular formula is C10H9F6NO. The molecule has 0 aromatic heterocycles. The Kier molecular flexibility index (Phi) is 4.83.